The Morgan fingerprint density at radius 2 is 1.32 bits per heavy atom. The van der Waals surface area contributed by atoms with Crippen LogP contribution in [0.25, 0.3) is 11.2 Å². The van der Waals surface area contributed by atoms with Crippen molar-refractivity contribution in [1.29, 1.82) is 0 Å². The van der Waals surface area contributed by atoms with Gasteiger partial charge in [0.2, 0.25) is 17.7 Å². The van der Waals surface area contributed by atoms with Crippen LogP contribution in [-0.4, -0.2) is 278 Å². The van der Waals surface area contributed by atoms with Gasteiger partial charge in [-0.2, -0.15) is 20.6 Å². The molecule has 4 saturated heterocycles. The Hall–Kier alpha value is -5.38. The Morgan fingerprint density at radius 1 is 0.716 bits per heavy atom. The largest absolute Gasteiger partial charge is 0.481 e. The molecule has 4 aliphatic heterocycles. The number of anilines is 1. The van der Waals surface area contributed by atoms with E-state index in [-0.39, 0.29) is 72.3 Å². The summed E-state index contributed by atoms with van der Waals surface area (Å²) in [7, 11) is -7.84. The number of primary amides is 1. The van der Waals surface area contributed by atoms with Gasteiger partial charge >= 0.3 is 21.7 Å². The molecule has 102 heavy (non-hydrogen) atoms. The van der Waals surface area contributed by atoms with Gasteiger partial charge < -0.3 is 106 Å². The van der Waals surface area contributed by atoms with Crippen molar-refractivity contribution < 1.29 is 119 Å². The summed E-state index contributed by atoms with van der Waals surface area (Å²) in [5, 5.41) is 69.1. The molecular weight excluding hydrogens is 1450 g/mol. The molecule has 8 heterocycles. The number of hydrogen-bond acceptors (Lipinski definition) is 31. The van der Waals surface area contributed by atoms with E-state index in [0.29, 0.717) is 146 Å². The highest BCUT2D eigenvalue weighted by molar-refractivity contribution is 8.76. The van der Waals surface area contributed by atoms with Crippen LogP contribution in [0.3, 0.4) is 0 Å². The third kappa shape index (κ3) is 27.5. The first-order valence-corrected chi connectivity index (χ1v) is 39.8. The molecule has 0 bridgehead atoms. The molecule has 4 aromatic heterocycles. The maximum atomic E-state index is 12.8. The van der Waals surface area contributed by atoms with Crippen LogP contribution in [0, 0.1) is 0 Å². The van der Waals surface area contributed by atoms with E-state index >= 15 is 0 Å². The molecule has 0 spiro atoms. The van der Waals surface area contributed by atoms with Crippen molar-refractivity contribution >= 4 is 95.6 Å². The smallest absolute Gasteiger partial charge is 0.387 e. The number of carbonyl (C=O) groups is 5. The average molecular weight is 1540 g/mol. The molecule has 8 rings (SSSR count). The third-order valence-corrected chi connectivity index (χ3v) is 22.3. The van der Waals surface area contributed by atoms with Gasteiger partial charge in [-0.05, 0) is 31.7 Å². The monoisotopic (exact) mass is 1540 g/mol. The number of fused-ring (bicyclic) bond motifs is 2. The number of urea groups is 1. The summed E-state index contributed by atoms with van der Waals surface area (Å²) in [4.78, 5) is 93.3. The number of phosphoric acid groups is 2. The fourth-order valence-electron chi connectivity index (χ4n) is 10.6. The number of carbonyl (C=O) groups excluding carboxylic acids is 5. The number of hydrogen-bond donors (Lipinski definition) is 13. The fourth-order valence-corrected chi connectivity index (χ4v) is 16.2. The molecule has 570 valence electrons. The first-order chi connectivity index (χ1) is 49.2. The molecule has 4 aromatic rings. The normalized spacial score (nSPS) is 23.5. The van der Waals surface area contributed by atoms with Crippen molar-refractivity contribution in [2.24, 2.45) is 5.73 Å². The molecule has 4 aliphatic rings. The molecule has 13 atom stereocenters. The van der Waals surface area contributed by atoms with Crippen LogP contribution in [-0.2, 0) is 87.9 Å². The van der Waals surface area contributed by atoms with Crippen LogP contribution < -0.4 is 42.2 Å². The molecule has 39 nitrogen and oxygen atoms in total. The Kier molecular flexibility index (Phi) is 34.9. The van der Waals surface area contributed by atoms with Crippen molar-refractivity contribution in [2.75, 3.05) is 135 Å². The minimum atomic E-state index is -5.46. The number of amides is 6. The number of imidazole rings is 1. The fraction of sp³-hybridized carbons (Fsp3) is 0.707. The number of nitrogens with zero attached hydrogens (tertiary/aromatic N) is 8. The summed E-state index contributed by atoms with van der Waals surface area (Å²) in [6.45, 7) is 4.83. The predicted octanol–water partition coefficient (Wildman–Crippen LogP) is -1.28. The zero-order valence-electron chi connectivity index (χ0n) is 55.9. The van der Waals surface area contributed by atoms with Crippen molar-refractivity contribution in [3.63, 3.8) is 0 Å². The number of nitrogens with one attached hydrogen (secondary N) is 6. The van der Waals surface area contributed by atoms with E-state index in [1.807, 2.05) is 11.8 Å². The second-order valence-electron chi connectivity index (χ2n) is 23.4. The van der Waals surface area contributed by atoms with Crippen LogP contribution >= 0.6 is 49.0 Å². The van der Waals surface area contributed by atoms with Gasteiger partial charge in [-0.3, -0.25) is 32.8 Å². The molecule has 0 saturated carbocycles. The van der Waals surface area contributed by atoms with Gasteiger partial charge in [0.1, 0.15) is 48.1 Å². The van der Waals surface area contributed by atoms with Gasteiger partial charge in [0, 0.05) is 80.7 Å². The van der Waals surface area contributed by atoms with Gasteiger partial charge in [-0.1, -0.05) is 33.2 Å². The highest BCUT2D eigenvalue weighted by Gasteiger charge is 2.51. The van der Waals surface area contributed by atoms with E-state index in [1.54, 1.807) is 10.9 Å². The zero-order valence-corrected chi connectivity index (χ0v) is 60.1. The van der Waals surface area contributed by atoms with E-state index < -0.39 is 83.8 Å². The number of unbranched alkanes of at least 4 members (excludes halogenated alkanes) is 1. The Labute approximate surface area is 599 Å². The topological polar surface area (TPSA) is 519 Å². The number of nitrogens with two attached hydrogens (primary N) is 1. The maximum absolute atomic E-state index is 12.8. The molecule has 4 fully saturated rings. The lowest BCUT2D eigenvalue weighted by Gasteiger charge is -2.20. The van der Waals surface area contributed by atoms with E-state index in [9.17, 15) is 63.3 Å². The number of thioether (sulfide) groups is 1. The van der Waals surface area contributed by atoms with Crippen LogP contribution in [0.5, 0.6) is 0 Å². The lowest BCUT2D eigenvalue weighted by molar-refractivity contribution is -0.765. The summed E-state index contributed by atoms with van der Waals surface area (Å²) < 4.78 is 88.6. The van der Waals surface area contributed by atoms with Gasteiger partial charge in [0.25, 0.3) is 12.1 Å². The minimum Gasteiger partial charge on any atom is -0.387 e. The Morgan fingerprint density at radius 3 is 1.99 bits per heavy atom. The van der Waals surface area contributed by atoms with E-state index in [4.69, 9.17) is 52.7 Å². The first-order valence-electron chi connectivity index (χ1n) is 33.2. The lowest BCUT2D eigenvalue weighted by Crippen LogP contribution is -2.46. The Balaban J connectivity index is 0.555. The van der Waals surface area contributed by atoms with Crippen molar-refractivity contribution in [1.82, 2.24) is 61.1 Å². The number of pyridine rings is 1. The molecule has 14 N–H and O–H groups in total. The summed E-state index contributed by atoms with van der Waals surface area (Å²) in [5.74, 6) is 1.56. The van der Waals surface area contributed by atoms with Gasteiger partial charge in [0.15, 0.2) is 41.7 Å². The number of aliphatic hydroxyl groups is 4. The highest BCUT2D eigenvalue weighted by Crippen LogP contribution is 2.61. The van der Waals surface area contributed by atoms with Crippen LogP contribution in [0.4, 0.5) is 10.6 Å². The number of phosphoric ester groups is 2. The maximum Gasteiger partial charge on any atom is 0.481 e. The lowest BCUT2D eigenvalue weighted by atomic mass is 10.0. The first kappa shape index (κ1) is 82.3. The van der Waals surface area contributed by atoms with Crippen LogP contribution in [0.2, 0.25) is 0 Å². The van der Waals surface area contributed by atoms with Crippen LogP contribution in [0.1, 0.15) is 79.9 Å². The summed E-state index contributed by atoms with van der Waals surface area (Å²) >= 11 is 1.89. The zero-order chi connectivity index (χ0) is 72.7. The van der Waals surface area contributed by atoms with Crippen molar-refractivity contribution in [2.45, 2.75) is 131 Å². The van der Waals surface area contributed by atoms with Crippen molar-refractivity contribution in [3.05, 3.63) is 54.6 Å². The summed E-state index contributed by atoms with van der Waals surface area (Å²) in [6.07, 6.45) is -0.0379. The number of aliphatic hydroxyl groups excluding tert-OH is 4. The molecule has 0 aromatic carbocycles. The second kappa shape index (κ2) is 43.3. The molecule has 2 unspecified atom stereocenters. The van der Waals surface area contributed by atoms with E-state index in [2.05, 4.69) is 61.5 Å². The quantitative estimate of drug-likeness (QED) is 0.00805. The minimum absolute atomic E-state index is 0.0402. The summed E-state index contributed by atoms with van der Waals surface area (Å²) in [6, 6.07) is 3.17. The number of rotatable bonds is 52. The predicted molar refractivity (Wildman–Crippen MR) is 364 cm³/mol. The molecule has 44 heteroatoms. The SMILES string of the molecule is NC(=O)c1ccc[n+]([C@H]2O[C@@H](COP(=O)(O)OP(=O)(O)OC[C@H]3O[C@@H](n4cnc5c(NCCOCCOCCOCCn6cc(CNC(=O)CCSSCCC(=O)NCCCOCCOCCOCCCNC(=O)CCCC[C@@H]7SC[C@@H]8NC(=O)N[C@@H]87)nn6)ncnc54)[C@H](O)[C@@H]3O)[C@H](O)[C@@H]2O)c1. The average Bonchev–Trinajstić information content (AvgIpc) is 1.63. The van der Waals surface area contributed by atoms with Crippen LogP contribution in [0.15, 0.2) is 43.4 Å². The standard InChI is InChI=1S/C58H91N15O24P2S3/c59-53(81)38-6-3-14-71(31-38)56-51(79)49(77)41(95-56)33-93-98(83,84)97-99(85,86)94-34-42-50(78)52(80)57(96-42)73-37-66-48-54(64-36-65-55(48)73)62-13-18-89-22-26-92-27-23-90-19-15-72-32-39(69-70-72)30-63-46(76)10-29-102-101-28-9-45(75)61-12-5-17-88-21-25-91-24-20-87-16-4-11-60-44(74)8-2-1-7-43-47-40(35-100-43)67-58(82)68-47/h3,6,14,31-32,36-37,40-43,47,49-52,56-57,77-80H,1-2,4-5,7-13,15-30,33-35H2,(H9-,59,60,61,62,63,64,65,67,68,74,75,76,81,82,83,84,85,86)/p+1/t40-,41-,42+,43-,47-,49-,50+,51-,52+,56-,57+/m0/s1. The van der Waals surface area contributed by atoms with Gasteiger partial charge in [0.05, 0.1) is 117 Å². The molecule has 0 aliphatic carbocycles. The van der Waals surface area contributed by atoms with E-state index in [1.165, 1.54) is 67.9 Å². The number of aromatic nitrogens is 8. The van der Waals surface area contributed by atoms with Gasteiger partial charge in [-0.25, -0.2) is 33.6 Å². The van der Waals surface area contributed by atoms with Crippen molar-refractivity contribution in [3.8, 4) is 0 Å². The summed E-state index contributed by atoms with van der Waals surface area (Å²) in [5.41, 5.74) is 6.39. The highest BCUT2D eigenvalue weighted by atomic mass is 33.1. The van der Waals surface area contributed by atoms with E-state index in [0.717, 1.165) is 31.4 Å². The number of ether oxygens (including phenoxy) is 8. The molecule has 0 radical (unpaired) electrons. The third-order valence-electron chi connectivity index (χ3n) is 15.8. The molecule has 6 amide bonds. The molecular formula is C58H92N15O24P2S3+. The Bertz CT molecular complexity index is 3360. The van der Waals surface area contributed by atoms with Gasteiger partial charge in [-0.15, -0.1) is 5.10 Å². The second-order valence-corrected chi connectivity index (χ2v) is 30.4.